The summed E-state index contributed by atoms with van der Waals surface area (Å²) in [4.78, 5) is 0. The van der Waals surface area contributed by atoms with E-state index in [0.29, 0.717) is 5.92 Å². The lowest BCUT2D eigenvalue weighted by Gasteiger charge is -2.16. The molecule has 0 aliphatic rings. The molecule has 0 atom stereocenters. The Balaban J connectivity index is 2.78. The van der Waals surface area contributed by atoms with Crippen molar-refractivity contribution >= 4 is 0 Å². The van der Waals surface area contributed by atoms with Gasteiger partial charge in [-0.2, -0.15) is 0 Å². The van der Waals surface area contributed by atoms with Gasteiger partial charge in [0.05, 0.1) is 0 Å². The maximum absolute atomic E-state index is 2.32. The van der Waals surface area contributed by atoms with Gasteiger partial charge in [-0.1, -0.05) is 65.2 Å². The second-order valence-electron chi connectivity index (χ2n) is 5.30. The molecule has 0 bridgehead atoms. The summed E-state index contributed by atoms with van der Waals surface area (Å²) in [7, 11) is 0. The molecule has 0 heterocycles. The molecule has 0 unspecified atom stereocenters. The molecule has 0 saturated carbocycles. The van der Waals surface area contributed by atoms with Crippen LogP contribution in [0.2, 0.25) is 0 Å². The third-order valence-corrected chi connectivity index (χ3v) is 3.59. The highest BCUT2D eigenvalue weighted by Crippen LogP contribution is 2.25. The number of unbranched alkanes of at least 4 members (excludes halogenated alkanes) is 3. The molecule has 0 spiro atoms. The van der Waals surface area contributed by atoms with Crippen LogP contribution in [0.1, 0.15) is 76.0 Å². The van der Waals surface area contributed by atoms with Crippen LogP contribution >= 0.6 is 0 Å². The van der Waals surface area contributed by atoms with Crippen LogP contribution in [-0.2, 0) is 12.8 Å². The van der Waals surface area contributed by atoms with Gasteiger partial charge >= 0.3 is 0 Å². The van der Waals surface area contributed by atoms with Crippen molar-refractivity contribution in [1.82, 2.24) is 0 Å². The van der Waals surface area contributed by atoms with Gasteiger partial charge in [0.2, 0.25) is 0 Å². The van der Waals surface area contributed by atoms with E-state index in [2.05, 4.69) is 45.9 Å². The zero-order valence-electron chi connectivity index (χ0n) is 12.1. The van der Waals surface area contributed by atoms with E-state index in [4.69, 9.17) is 0 Å². The topological polar surface area (TPSA) is 0 Å². The van der Waals surface area contributed by atoms with Crippen molar-refractivity contribution in [2.24, 2.45) is 0 Å². The van der Waals surface area contributed by atoms with Gasteiger partial charge in [0.1, 0.15) is 0 Å². The molecule has 1 aromatic rings. The highest BCUT2D eigenvalue weighted by atomic mass is 14.1. The van der Waals surface area contributed by atoms with Gasteiger partial charge in [0.15, 0.2) is 0 Å². The Morgan fingerprint density at radius 3 is 2.35 bits per heavy atom. The van der Waals surface area contributed by atoms with Crippen molar-refractivity contribution < 1.29 is 0 Å². The zero-order chi connectivity index (χ0) is 12.7. The second-order valence-corrected chi connectivity index (χ2v) is 5.30. The molecule has 1 rings (SSSR count). The van der Waals surface area contributed by atoms with Gasteiger partial charge in [-0.25, -0.2) is 0 Å². The van der Waals surface area contributed by atoms with Crippen LogP contribution in [0.25, 0.3) is 0 Å². The van der Waals surface area contributed by atoms with E-state index >= 15 is 0 Å². The lowest BCUT2D eigenvalue weighted by Crippen LogP contribution is -2.01. The quantitative estimate of drug-likeness (QED) is 0.545. The lowest BCUT2D eigenvalue weighted by molar-refractivity contribution is 0.659. The Kier molecular flexibility index (Phi) is 6.32. The molecule has 0 aliphatic carbocycles. The SMILES string of the molecule is CCCCCCc1c(CC)cccc1C(C)C. The molecular weight excluding hydrogens is 204 g/mol. The summed E-state index contributed by atoms with van der Waals surface area (Å²) in [5.41, 5.74) is 4.77. The summed E-state index contributed by atoms with van der Waals surface area (Å²) in [6, 6.07) is 6.85. The van der Waals surface area contributed by atoms with E-state index < -0.39 is 0 Å². The molecule has 96 valence electrons. The first-order chi connectivity index (χ1) is 8.20. The number of benzene rings is 1. The first-order valence-corrected chi connectivity index (χ1v) is 7.31. The smallest absolute Gasteiger partial charge is 0.0216 e. The Morgan fingerprint density at radius 1 is 1.00 bits per heavy atom. The number of rotatable bonds is 7. The highest BCUT2D eigenvalue weighted by molar-refractivity contribution is 5.37. The molecule has 0 heteroatoms. The standard InChI is InChI=1S/C17H28/c1-5-7-8-9-12-17-15(6-2)11-10-13-16(17)14(3)4/h10-11,13-14H,5-9,12H2,1-4H3. The Hall–Kier alpha value is -0.780. The van der Waals surface area contributed by atoms with E-state index in [1.165, 1.54) is 38.5 Å². The number of aryl methyl sites for hydroxylation is 1. The summed E-state index contributed by atoms with van der Waals surface area (Å²) in [5.74, 6) is 0.655. The van der Waals surface area contributed by atoms with Crippen molar-refractivity contribution in [1.29, 1.82) is 0 Å². The van der Waals surface area contributed by atoms with Gasteiger partial charge in [0, 0.05) is 0 Å². The lowest BCUT2D eigenvalue weighted by atomic mass is 9.89. The van der Waals surface area contributed by atoms with Crippen LogP contribution in [0.5, 0.6) is 0 Å². The highest BCUT2D eigenvalue weighted by Gasteiger charge is 2.09. The fourth-order valence-corrected chi connectivity index (χ4v) is 2.56. The molecule has 0 aliphatic heterocycles. The molecule has 0 aromatic heterocycles. The number of hydrogen-bond donors (Lipinski definition) is 0. The van der Waals surface area contributed by atoms with E-state index in [1.54, 1.807) is 16.7 Å². The Labute approximate surface area is 107 Å². The third-order valence-electron chi connectivity index (χ3n) is 3.59. The average molecular weight is 232 g/mol. The normalized spacial score (nSPS) is 11.1. The van der Waals surface area contributed by atoms with Crippen LogP contribution in [0.3, 0.4) is 0 Å². The molecule has 0 radical (unpaired) electrons. The summed E-state index contributed by atoms with van der Waals surface area (Å²) in [5, 5.41) is 0. The minimum atomic E-state index is 0.655. The number of hydrogen-bond acceptors (Lipinski definition) is 0. The van der Waals surface area contributed by atoms with E-state index in [0.717, 1.165) is 0 Å². The molecule has 0 fully saturated rings. The van der Waals surface area contributed by atoms with Crippen molar-refractivity contribution in [2.75, 3.05) is 0 Å². The average Bonchev–Trinajstić information content (AvgIpc) is 2.34. The Morgan fingerprint density at radius 2 is 1.76 bits per heavy atom. The molecule has 17 heavy (non-hydrogen) atoms. The first kappa shape index (κ1) is 14.3. The fraction of sp³-hybridized carbons (Fsp3) is 0.647. The predicted octanol–water partition coefficient (Wildman–Crippen LogP) is 5.50. The van der Waals surface area contributed by atoms with Crippen molar-refractivity contribution in [3.05, 3.63) is 34.9 Å². The predicted molar refractivity (Wildman–Crippen MR) is 77.8 cm³/mol. The fourth-order valence-electron chi connectivity index (χ4n) is 2.56. The minimum Gasteiger partial charge on any atom is -0.0654 e. The first-order valence-electron chi connectivity index (χ1n) is 7.31. The van der Waals surface area contributed by atoms with Gasteiger partial charge in [-0.05, 0) is 41.9 Å². The van der Waals surface area contributed by atoms with E-state index in [9.17, 15) is 0 Å². The van der Waals surface area contributed by atoms with Crippen molar-refractivity contribution in [3.8, 4) is 0 Å². The van der Waals surface area contributed by atoms with Crippen molar-refractivity contribution in [3.63, 3.8) is 0 Å². The maximum atomic E-state index is 2.32. The molecule has 0 saturated heterocycles. The van der Waals surface area contributed by atoms with Crippen LogP contribution < -0.4 is 0 Å². The van der Waals surface area contributed by atoms with Gasteiger partial charge in [-0.3, -0.25) is 0 Å². The van der Waals surface area contributed by atoms with Crippen LogP contribution in [0.15, 0.2) is 18.2 Å². The molecular formula is C17H28. The summed E-state index contributed by atoms with van der Waals surface area (Å²) < 4.78 is 0. The Bertz CT molecular complexity index is 323. The van der Waals surface area contributed by atoms with E-state index in [-0.39, 0.29) is 0 Å². The monoisotopic (exact) mass is 232 g/mol. The maximum Gasteiger partial charge on any atom is -0.0216 e. The van der Waals surface area contributed by atoms with Crippen LogP contribution in [-0.4, -0.2) is 0 Å². The molecule has 0 amide bonds. The molecule has 1 aromatic carbocycles. The largest absolute Gasteiger partial charge is 0.0654 e. The minimum absolute atomic E-state index is 0.655. The summed E-state index contributed by atoms with van der Waals surface area (Å²) in [6.07, 6.45) is 7.88. The van der Waals surface area contributed by atoms with Gasteiger partial charge in [0.25, 0.3) is 0 Å². The molecule has 0 N–H and O–H groups in total. The van der Waals surface area contributed by atoms with Crippen molar-refractivity contribution in [2.45, 2.75) is 72.1 Å². The van der Waals surface area contributed by atoms with Gasteiger partial charge < -0.3 is 0 Å². The molecule has 0 nitrogen and oxygen atoms in total. The van der Waals surface area contributed by atoms with Crippen LogP contribution in [0.4, 0.5) is 0 Å². The second kappa shape index (κ2) is 7.53. The summed E-state index contributed by atoms with van der Waals surface area (Å²) in [6.45, 7) is 9.17. The van der Waals surface area contributed by atoms with Gasteiger partial charge in [-0.15, -0.1) is 0 Å². The zero-order valence-corrected chi connectivity index (χ0v) is 12.1. The van der Waals surface area contributed by atoms with Crippen LogP contribution in [0, 0.1) is 0 Å². The van der Waals surface area contributed by atoms with E-state index in [1.807, 2.05) is 0 Å². The summed E-state index contributed by atoms with van der Waals surface area (Å²) >= 11 is 0. The third kappa shape index (κ3) is 4.18.